The van der Waals surface area contributed by atoms with Gasteiger partial charge >= 0.3 is 0 Å². The lowest BCUT2D eigenvalue weighted by Crippen LogP contribution is -2.12. The molecular formula is C13H11N5O. The van der Waals surface area contributed by atoms with E-state index in [-0.39, 0.29) is 0 Å². The maximum absolute atomic E-state index is 6.07. The molecule has 1 atom stereocenters. The summed E-state index contributed by atoms with van der Waals surface area (Å²) < 4.78 is 5.17. The summed E-state index contributed by atoms with van der Waals surface area (Å²) in [6, 6.07) is 10.8. The van der Waals surface area contributed by atoms with Crippen LogP contribution in [0.5, 0.6) is 0 Å². The Morgan fingerprint density at radius 3 is 2.42 bits per heavy atom. The van der Waals surface area contributed by atoms with E-state index in [0.717, 1.165) is 5.56 Å². The second kappa shape index (κ2) is 4.95. The van der Waals surface area contributed by atoms with E-state index in [1.165, 1.54) is 0 Å². The van der Waals surface area contributed by atoms with Gasteiger partial charge in [0.15, 0.2) is 0 Å². The minimum Gasteiger partial charge on any atom is -0.337 e. The highest BCUT2D eigenvalue weighted by molar-refractivity contribution is 5.41. The van der Waals surface area contributed by atoms with Gasteiger partial charge in [-0.25, -0.2) is 9.97 Å². The highest BCUT2D eigenvalue weighted by atomic mass is 16.5. The number of hydrogen-bond donors (Lipinski definition) is 1. The number of rotatable bonds is 3. The van der Waals surface area contributed by atoms with E-state index in [1.54, 1.807) is 18.5 Å². The van der Waals surface area contributed by atoms with Gasteiger partial charge in [0.25, 0.3) is 0 Å². The molecule has 94 valence electrons. The van der Waals surface area contributed by atoms with Crippen LogP contribution in [0.15, 0.2) is 53.3 Å². The van der Waals surface area contributed by atoms with E-state index in [4.69, 9.17) is 10.3 Å². The maximum Gasteiger partial charge on any atom is 0.248 e. The summed E-state index contributed by atoms with van der Waals surface area (Å²) >= 11 is 0. The van der Waals surface area contributed by atoms with Crippen molar-refractivity contribution in [3.05, 3.63) is 60.2 Å². The van der Waals surface area contributed by atoms with Crippen LogP contribution in [0.2, 0.25) is 0 Å². The van der Waals surface area contributed by atoms with Crippen LogP contribution >= 0.6 is 0 Å². The molecule has 0 radical (unpaired) electrons. The molecule has 0 bridgehead atoms. The molecule has 0 aliphatic rings. The monoisotopic (exact) mass is 253 g/mol. The first-order valence-electron chi connectivity index (χ1n) is 5.76. The lowest BCUT2D eigenvalue weighted by atomic mass is 10.1. The van der Waals surface area contributed by atoms with Crippen LogP contribution in [0.1, 0.15) is 17.5 Å². The van der Waals surface area contributed by atoms with Crippen LogP contribution < -0.4 is 5.73 Å². The quantitative estimate of drug-likeness (QED) is 0.762. The largest absolute Gasteiger partial charge is 0.337 e. The van der Waals surface area contributed by atoms with Crippen LogP contribution in [0.25, 0.3) is 11.6 Å². The number of benzene rings is 1. The van der Waals surface area contributed by atoms with Crippen molar-refractivity contribution < 1.29 is 4.52 Å². The van der Waals surface area contributed by atoms with Crippen molar-refractivity contribution in [2.75, 3.05) is 0 Å². The molecule has 19 heavy (non-hydrogen) atoms. The van der Waals surface area contributed by atoms with Crippen molar-refractivity contribution in [2.24, 2.45) is 5.73 Å². The lowest BCUT2D eigenvalue weighted by Gasteiger charge is -2.05. The molecule has 0 aliphatic carbocycles. The lowest BCUT2D eigenvalue weighted by molar-refractivity contribution is 0.367. The van der Waals surface area contributed by atoms with Gasteiger partial charge < -0.3 is 10.3 Å². The molecule has 6 heteroatoms. The van der Waals surface area contributed by atoms with Gasteiger partial charge in [0.05, 0.1) is 0 Å². The first-order chi connectivity index (χ1) is 9.34. The van der Waals surface area contributed by atoms with Gasteiger partial charge in [0.2, 0.25) is 17.5 Å². The van der Waals surface area contributed by atoms with E-state index in [2.05, 4.69) is 20.1 Å². The molecule has 0 amide bonds. The topological polar surface area (TPSA) is 90.7 Å². The fraction of sp³-hybridized carbons (Fsp3) is 0.0769. The smallest absolute Gasteiger partial charge is 0.248 e. The zero-order valence-electron chi connectivity index (χ0n) is 9.97. The predicted octanol–water partition coefficient (Wildman–Crippen LogP) is 1.57. The van der Waals surface area contributed by atoms with Crippen LogP contribution in [-0.2, 0) is 0 Å². The van der Waals surface area contributed by atoms with Crippen molar-refractivity contribution in [1.29, 1.82) is 0 Å². The summed E-state index contributed by atoms with van der Waals surface area (Å²) in [5, 5.41) is 3.84. The van der Waals surface area contributed by atoms with Gasteiger partial charge in [-0.3, -0.25) is 0 Å². The fourth-order valence-electron chi connectivity index (χ4n) is 1.67. The first-order valence-corrected chi connectivity index (χ1v) is 5.76. The van der Waals surface area contributed by atoms with Gasteiger partial charge in [-0.05, 0) is 11.6 Å². The fourth-order valence-corrected chi connectivity index (χ4v) is 1.67. The molecule has 3 rings (SSSR count). The van der Waals surface area contributed by atoms with E-state index in [9.17, 15) is 0 Å². The van der Waals surface area contributed by atoms with E-state index >= 15 is 0 Å². The van der Waals surface area contributed by atoms with Crippen LogP contribution in [0.3, 0.4) is 0 Å². The average molecular weight is 253 g/mol. The molecule has 1 aromatic carbocycles. The Bertz CT molecular complexity index is 653. The average Bonchev–Trinajstić information content (AvgIpc) is 2.98. The van der Waals surface area contributed by atoms with Gasteiger partial charge in [-0.2, -0.15) is 4.98 Å². The number of nitrogens with zero attached hydrogens (tertiary/aromatic N) is 4. The second-order valence-electron chi connectivity index (χ2n) is 3.92. The Morgan fingerprint density at radius 1 is 0.947 bits per heavy atom. The predicted molar refractivity (Wildman–Crippen MR) is 67.8 cm³/mol. The standard InChI is InChI=1S/C13H11N5O/c14-10(9-5-2-1-3-6-9)13-17-12(18-19-13)11-15-7-4-8-16-11/h1-8,10H,14H2/t10-/m0/s1. The van der Waals surface area contributed by atoms with Crippen molar-refractivity contribution in [2.45, 2.75) is 6.04 Å². The molecule has 0 unspecified atom stereocenters. The summed E-state index contributed by atoms with van der Waals surface area (Å²) in [5.74, 6) is 1.09. The van der Waals surface area contributed by atoms with E-state index in [0.29, 0.717) is 17.5 Å². The van der Waals surface area contributed by atoms with Gasteiger partial charge in [0, 0.05) is 12.4 Å². The number of nitrogens with two attached hydrogens (primary N) is 1. The number of hydrogen-bond acceptors (Lipinski definition) is 6. The minimum absolute atomic E-state index is 0.335. The first kappa shape index (κ1) is 11.5. The van der Waals surface area contributed by atoms with Gasteiger partial charge in [-0.1, -0.05) is 35.5 Å². The molecule has 0 saturated heterocycles. The van der Waals surface area contributed by atoms with Crippen molar-refractivity contribution in [3.63, 3.8) is 0 Å². The molecule has 3 aromatic rings. The zero-order valence-corrected chi connectivity index (χ0v) is 9.97. The molecular weight excluding hydrogens is 242 g/mol. The minimum atomic E-state index is -0.453. The Balaban J connectivity index is 1.90. The Hall–Kier alpha value is -2.60. The van der Waals surface area contributed by atoms with Crippen molar-refractivity contribution in [3.8, 4) is 11.6 Å². The number of aromatic nitrogens is 4. The van der Waals surface area contributed by atoms with E-state index in [1.807, 2.05) is 30.3 Å². The molecule has 2 heterocycles. The van der Waals surface area contributed by atoms with Crippen LogP contribution in [0.4, 0.5) is 0 Å². The third-order valence-corrected chi connectivity index (χ3v) is 2.63. The highest BCUT2D eigenvalue weighted by Crippen LogP contribution is 2.19. The molecule has 2 aromatic heterocycles. The van der Waals surface area contributed by atoms with Crippen molar-refractivity contribution >= 4 is 0 Å². The summed E-state index contributed by atoms with van der Waals surface area (Å²) in [5.41, 5.74) is 6.98. The second-order valence-corrected chi connectivity index (χ2v) is 3.92. The molecule has 6 nitrogen and oxygen atoms in total. The van der Waals surface area contributed by atoms with E-state index < -0.39 is 6.04 Å². The third-order valence-electron chi connectivity index (χ3n) is 2.63. The molecule has 0 aliphatic heterocycles. The Kier molecular flexibility index (Phi) is 2.99. The Labute approximate surface area is 109 Å². The van der Waals surface area contributed by atoms with Crippen LogP contribution in [-0.4, -0.2) is 20.1 Å². The third kappa shape index (κ3) is 2.34. The molecule has 2 N–H and O–H groups in total. The summed E-state index contributed by atoms with van der Waals surface area (Å²) in [6.07, 6.45) is 3.24. The molecule has 0 fully saturated rings. The summed E-state index contributed by atoms with van der Waals surface area (Å²) in [6.45, 7) is 0. The molecule has 0 spiro atoms. The van der Waals surface area contributed by atoms with Crippen molar-refractivity contribution in [1.82, 2.24) is 20.1 Å². The van der Waals surface area contributed by atoms with Gasteiger partial charge in [-0.15, -0.1) is 0 Å². The summed E-state index contributed by atoms with van der Waals surface area (Å²) in [4.78, 5) is 12.3. The zero-order chi connectivity index (χ0) is 13.1. The highest BCUT2D eigenvalue weighted by Gasteiger charge is 2.18. The van der Waals surface area contributed by atoms with Gasteiger partial charge in [0.1, 0.15) is 6.04 Å². The van der Waals surface area contributed by atoms with Crippen LogP contribution in [0, 0.1) is 0 Å². The Morgan fingerprint density at radius 2 is 1.68 bits per heavy atom. The summed E-state index contributed by atoms with van der Waals surface area (Å²) in [7, 11) is 0. The maximum atomic E-state index is 6.07. The normalized spacial score (nSPS) is 12.3. The SMILES string of the molecule is N[C@@H](c1ccccc1)c1nc(-c2ncccn2)no1. The molecule has 0 saturated carbocycles.